The van der Waals surface area contributed by atoms with Crippen LogP contribution in [-0.4, -0.2) is 46.5 Å². The fourth-order valence-corrected chi connectivity index (χ4v) is 4.79. The molecule has 3 aliphatic heterocycles. The number of hydrogen-bond donors (Lipinski definition) is 2. The molecule has 0 radical (unpaired) electrons. The van der Waals surface area contributed by atoms with Crippen LogP contribution < -0.4 is 10.6 Å². The third kappa shape index (κ3) is 3.33. The largest absolute Gasteiger partial charge is 0.346 e. The Bertz CT molecular complexity index is 894. The maximum absolute atomic E-state index is 13.0. The third-order valence-corrected chi connectivity index (χ3v) is 6.34. The number of nitrogens with one attached hydrogen (secondary N) is 2. The topological polar surface area (TPSA) is 66.4 Å². The number of carbonyl (C=O) groups excluding carboxylic acids is 2. The number of fused-ring (bicyclic) bond motifs is 3. The predicted octanol–water partition coefficient (Wildman–Crippen LogP) is 2.86. The quantitative estimate of drug-likeness (QED) is 0.857. The van der Waals surface area contributed by atoms with Gasteiger partial charge in [-0.15, -0.1) is 0 Å². The van der Waals surface area contributed by atoms with Gasteiger partial charge < -0.3 is 15.2 Å². The highest BCUT2D eigenvalue weighted by molar-refractivity contribution is 5.96. The van der Waals surface area contributed by atoms with Crippen molar-refractivity contribution in [3.8, 4) is 11.3 Å². The molecule has 3 aliphatic rings. The first kappa shape index (κ1) is 18.7. The molecule has 3 saturated heterocycles. The minimum Gasteiger partial charge on any atom is -0.346 e. The second-order valence-corrected chi connectivity index (χ2v) is 8.00. The molecule has 2 bridgehead atoms. The summed E-state index contributed by atoms with van der Waals surface area (Å²) in [6.45, 7) is 6.00. The van der Waals surface area contributed by atoms with Crippen LogP contribution in [0.3, 0.4) is 0 Å². The van der Waals surface area contributed by atoms with Crippen LogP contribution in [0.1, 0.15) is 37.2 Å². The van der Waals surface area contributed by atoms with Crippen LogP contribution in [0.15, 0.2) is 36.4 Å². The fourth-order valence-electron chi connectivity index (χ4n) is 4.79. The van der Waals surface area contributed by atoms with Crippen molar-refractivity contribution in [1.29, 1.82) is 0 Å². The van der Waals surface area contributed by atoms with Crippen LogP contribution >= 0.6 is 0 Å². The van der Waals surface area contributed by atoms with Crippen molar-refractivity contribution in [1.82, 2.24) is 14.8 Å². The molecule has 2 amide bonds. The van der Waals surface area contributed by atoms with Gasteiger partial charge in [-0.05, 0) is 57.0 Å². The van der Waals surface area contributed by atoms with Gasteiger partial charge in [0.1, 0.15) is 5.69 Å². The normalized spacial score (nSPS) is 26.1. The Kier molecular flexibility index (Phi) is 4.98. The summed E-state index contributed by atoms with van der Waals surface area (Å²) in [5, 5.41) is 6.17. The maximum atomic E-state index is 13.0. The van der Waals surface area contributed by atoms with E-state index in [1.54, 1.807) is 0 Å². The van der Waals surface area contributed by atoms with Gasteiger partial charge in [-0.3, -0.25) is 14.5 Å². The number of piperidine rings is 3. The molecule has 2 atom stereocenters. The van der Waals surface area contributed by atoms with Crippen molar-refractivity contribution in [2.24, 2.45) is 13.0 Å². The SMILES string of the molecule is CC(=O)Nc1ccccc1-c1ccc(C(=O)N[C@@H]2C3CCN(CC3)[C@H]2C)n1C. The van der Waals surface area contributed by atoms with Crippen LogP contribution in [0.25, 0.3) is 11.3 Å². The average molecular weight is 380 g/mol. The summed E-state index contributed by atoms with van der Waals surface area (Å²) in [5.74, 6) is 0.427. The van der Waals surface area contributed by atoms with E-state index in [9.17, 15) is 9.59 Å². The zero-order valence-electron chi connectivity index (χ0n) is 16.7. The molecule has 0 spiro atoms. The molecule has 4 heterocycles. The predicted molar refractivity (Wildman–Crippen MR) is 110 cm³/mol. The second-order valence-electron chi connectivity index (χ2n) is 8.00. The molecule has 6 heteroatoms. The Labute approximate surface area is 165 Å². The Balaban J connectivity index is 1.57. The first-order valence-corrected chi connectivity index (χ1v) is 10.0. The van der Waals surface area contributed by atoms with Crippen molar-refractivity contribution in [3.63, 3.8) is 0 Å². The van der Waals surface area contributed by atoms with Gasteiger partial charge in [0.2, 0.25) is 5.91 Å². The molecule has 2 aromatic rings. The molecule has 28 heavy (non-hydrogen) atoms. The summed E-state index contributed by atoms with van der Waals surface area (Å²) < 4.78 is 1.90. The summed E-state index contributed by atoms with van der Waals surface area (Å²) in [7, 11) is 1.90. The van der Waals surface area contributed by atoms with E-state index in [0.717, 1.165) is 42.9 Å². The lowest BCUT2D eigenvalue weighted by atomic mass is 9.79. The van der Waals surface area contributed by atoms with Gasteiger partial charge in [-0.1, -0.05) is 18.2 Å². The number of amides is 2. The van der Waals surface area contributed by atoms with Gasteiger partial charge in [-0.2, -0.15) is 0 Å². The van der Waals surface area contributed by atoms with Crippen molar-refractivity contribution in [3.05, 3.63) is 42.1 Å². The van der Waals surface area contributed by atoms with Crippen molar-refractivity contribution in [2.75, 3.05) is 18.4 Å². The number of carbonyl (C=O) groups is 2. The number of aromatic nitrogens is 1. The lowest BCUT2D eigenvalue weighted by Crippen LogP contribution is -2.62. The smallest absolute Gasteiger partial charge is 0.268 e. The lowest BCUT2D eigenvalue weighted by Gasteiger charge is -2.49. The highest BCUT2D eigenvalue weighted by atomic mass is 16.2. The first-order valence-electron chi connectivity index (χ1n) is 10.0. The maximum Gasteiger partial charge on any atom is 0.268 e. The molecule has 1 aromatic carbocycles. The molecule has 0 aliphatic carbocycles. The van der Waals surface area contributed by atoms with E-state index in [4.69, 9.17) is 0 Å². The molecule has 1 aromatic heterocycles. The third-order valence-electron chi connectivity index (χ3n) is 6.34. The van der Waals surface area contributed by atoms with E-state index >= 15 is 0 Å². The van der Waals surface area contributed by atoms with Crippen LogP contribution in [0, 0.1) is 5.92 Å². The number of nitrogens with zero attached hydrogens (tertiary/aromatic N) is 2. The highest BCUT2D eigenvalue weighted by Gasteiger charge is 2.40. The molecular weight excluding hydrogens is 352 g/mol. The van der Waals surface area contributed by atoms with Gasteiger partial charge in [0.05, 0.1) is 11.4 Å². The Morgan fingerprint density at radius 2 is 1.79 bits per heavy atom. The standard InChI is InChI=1S/C22H28N4O2/c1-14-21(16-10-12-26(14)13-11-16)24-22(28)20-9-8-19(25(20)3)17-6-4-5-7-18(17)23-15(2)27/h4-9,14,16,21H,10-13H2,1-3H3,(H,23,27)(H,24,28)/t14-,21-/m0/s1. The highest BCUT2D eigenvalue weighted by Crippen LogP contribution is 2.33. The first-order chi connectivity index (χ1) is 13.5. The fraction of sp³-hybridized carbons (Fsp3) is 0.455. The van der Waals surface area contributed by atoms with Gasteiger partial charge in [0.15, 0.2) is 0 Å². The lowest BCUT2D eigenvalue weighted by molar-refractivity contribution is -0.114. The molecule has 0 saturated carbocycles. The number of benzene rings is 1. The van der Waals surface area contributed by atoms with E-state index in [-0.39, 0.29) is 17.9 Å². The van der Waals surface area contributed by atoms with Gasteiger partial charge in [-0.25, -0.2) is 0 Å². The van der Waals surface area contributed by atoms with Crippen LogP contribution in [0.4, 0.5) is 5.69 Å². The number of rotatable bonds is 4. The van der Waals surface area contributed by atoms with E-state index in [2.05, 4.69) is 22.5 Å². The Hall–Kier alpha value is -2.60. The molecule has 6 nitrogen and oxygen atoms in total. The van der Waals surface area contributed by atoms with Crippen molar-refractivity contribution in [2.45, 2.75) is 38.8 Å². The Morgan fingerprint density at radius 1 is 1.07 bits per heavy atom. The van der Waals surface area contributed by atoms with E-state index < -0.39 is 0 Å². The van der Waals surface area contributed by atoms with E-state index in [1.807, 2.05) is 48.0 Å². The van der Waals surface area contributed by atoms with E-state index in [1.165, 1.54) is 6.92 Å². The number of para-hydroxylation sites is 1. The number of anilines is 1. The van der Waals surface area contributed by atoms with Gasteiger partial charge >= 0.3 is 0 Å². The minimum absolute atomic E-state index is 0.0311. The average Bonchev–Trinajstić information content (AvgIpc) is 3.06. The second kappa shape index (κ2) is 7.43. The van der Waals surface area contributed by atoms with Crippen LogP contribution in [0.5, 0.6) is 0 Å². The van der Waals surface area contributed by atoms with Crippen LogP contribution in [-0.2, 0) is 11.8 Å². The zero-order chi connectivity index (χ0) is 19.8. The zero-order valence-corrected chi connectivity index (χ0v) is 16.7. The van der Waals surface area contributed by atoms with Crippen molar-refractivity contribution >= 4 is 17.5 Å². The number of hydrogen-bond acceptors (Lipinski definition) is 3. The molecule has 0 unspecified atom stereocenters. The van der Waals surface area contributed by atoms with Crippen LogP contribution in [0.2, 0.25) is 0 Å². The summed E-state index contributed by atoms with van der Waals surface area (Å²) >= 11 is 0. The van der Waals surface area contributed by atoms with Gasteiger partial charge in [0, 0.05) is 31.6 Å². The molecule has 148 valence electrons. The summed E-state index contributed by atoms with van der Waals surface area (Å²) in [6, 6.07) is 12.0. The molecular formula is C22H28N4O2. The van der Waals surface area contributed by atoms with Gasteiger partial charge in [0.25, 0.3) is 5.91 Å². The summed E-state index contributed by atoms with van der Waals surface area (Å²) in [5.41, 5.74) is 3.18. The monoisotopic (exact) mass is 380 g/mol. The summed E-state index contributed by atoms with van der Waals surface area (Å²) in [4.78, 5) is 27.0. The molecule has 2 N–H and O–H groups in total. The van der Waals surface area contributed by atoms with E-state index in [0.29, 0.717) is 17.7 Å². The molecule has 5 rings (SSSR count). The summed E-state index contributed by atoms with van der Waals surface area (Å²) in [6.07, 6.45) is 2.33. The minimum atomic E-state index is -0.115. The Morgan fingerprint density at radius 3 is 2.46 bits per heavy atom. The molecule has 3 fully saturated rings. The van der Waals surface area contributed by atoms with Crippen molar-refractivity contribution < 1.29 is 9.59 Å².